The van der Waals surface area contributed by atoms with Gasteiger partial charge in [-0.2, -0.15) is 0 Å². The normalized spacial score (nSPS) is 12.7. The Labute approximate surface area is 120 Å². The van der Waals surface area contributed by atoms with E-state index in [9.17, 15) is 0 Å². The second kappa shape index (κ2) is 5.74. The molecule has 1 atom stereocenters. The predicted molar refractivity (Wildman–Crippen MR) is 83.7 cm³/mol. The maximum absolute atomic E-state index is 6.26. The average Bonchev–Trinajstić information content (AvgIpc) is 2.97. The highest BCUT2D eigenvalue weighted by molar-refractivity contribution is 8.01. The van der Waals surface area contributed by atoms with Crippen LogP contribution in [0.3, 0.4) is 0 Å². The summed E-state index contributed by atoms with van der Waals surface area (Å²) >= 11 is 3.38. The summed E-state index contributed by atoms with van der Waals surface area (Å²) in [6, 6.07) is 14.8. The van der Waals surface area contributed by atoms with Crippen LogP contribution in [0.4, 0.5) is 0 Å². The zero-order valence-corrected chi connectivity index (χ0v) is 12.0. The summed E-state index contributed by atoms with van der Waals surface area (Å²) in [6.45, 7) is 0. The molecule has 0 aliphatic heterocycles. The fourth-order valence-electron chi connectivity index (χ4n) is 1.98. The standard InChI is InChI=1S/C15H14N2S2/c16-14(10-19-15-17-7-8-18-15)13-6-5-11-3-1-2-4-12(11)9-13/h1-9,14H,10,16H2. The lowest BCUT2D eigenvalue weighted by atomic mass is 10.0. The molecule has 0 fully saturated rings. The van der Waals surface area contributed by atoms with Gasteiger partial charge in [-0.1, -0.05) is 48.2 Å². The van der Waals surface area contributed by atoms with Gasteiger partial charge in [0.05, 0.1) is 0 Å². The molecule has 0 amide bonds. The SMILES string of the molecule is NC(CSc1nccs1)c1ccc2ccccc2c1. The van der Waals surface area contributed by atoms with Gasteiger partial charge >= 0.3 is 0 Å². The third-order valence-corrected chi connectivity index (χ3v) is 5.08. The third kappa shape index (κ3) is 2.97. The molecule has 3 aromatic rings. The van der Waals surface area contributed by atoms with Crippen LogP contribution in [0.5, 0.6) is 0 Å². The molecule has 4 heteroatoms. The van der Waals surface area contributed by atoms with E-state index >= 15 is 0 Å². The fourth-order valence-corrected chi connectivity index (χ4v) is 3.63. The fraction of sp³-hybridized carbons (Fsp3) is 0.133. The first-order valence-electron chi connectivity index (χ1n) is 6.09. The van der Waals surface area contributed by atoms with E-state index in [0.29, 0.717) is 0 Å². The van der Waals surface area contributed by atoms with E-state index in [1.165, 1.54) is 16.3 Å². The summed E-state index contributed by atoms with van der Waals surface area (Å²) in [5.41, 5.74) is 7.44. The average molecular weight is 286 g/mol. The molecule has 0 aliphatic rings. The number of thiazole rings is 1. The van der Waals surface area contributed by atoms with Gasteiger partial charge in [0, 0.05) is 23.4 Å². The van der Waals surface area contributed by atoms with Gasteiger partial charge in [0.1, 0.15) is 4.34 Å². The molecule has 1 unspecified atom stereocenters. The van der Waals surface area contributed by atoms with E-state index in [2.05, 4.69) is 47.4 Å². The zero-order valence-electron chi connectivity index (χ0n) is 10.3. The number of hydrogen-bond donors (Lipinski definition) is 1. The second-order valence-electron chi connectivity index (χ2n) is 4.32. The highest BCUT2D eigenvalue weighted by atomic mass is 32.2. The summed E-state index contributed by atoms with van der Waals surface area (Å²) in [4.78, 5) is 4.26. The highest BCUT2D eigenvalue weighted by Crippen LogP contribution is 2.26. The van der Waals surface area contributed by atoms with Crippen molar-refractivity contribution >= 4 is 33.9 Å². The molecule has 2 N–H and O–H groups in total. The minimum Gasteiger partial charge on any atom is -0.323 e. The Morgan fingerprint density at radius 2 is 2.00 bits per heavy atom. The smallest absolute Gasteiger partial charge is 0.149 e. The van der Waals surface area contributed by atoms with Crippen LogP contribution in [0.25, 0.3) is 10.8 Å². The molecule has 2 nitrogen and oxygen atoms in total. The number of benzene rings is 2. The lowest BCUT2D eigenvalue weighted by Gasteiger charge is -2.11. The quantitative estimate of drug-likeness (QED) is 0.734. The molecule has 0 spiro atoms. The van der Waals surface area contributed by atoms with Crippen molar-refractivity contribution in [3.05, 3.63) is 59.6 Å². The lowest BCUT2D eigenvalue weighted by molar-refractivity contribution is 0.833. The van der Waals surface area contributed by atoms with Crippen molar-refractivity contribution in [3.63, 3.8) is 0 Å². The first-order chi connectivity index (χ1) is 9.33. The van der Waals surface area contributed by atoms with E-state index < -0.39 is 0 Å². The summed E-state index contributed by atoms with van der Waals surface area (Å²) in [6.07, 6.45) is 1.83. The van der Waals surface area contributed by atoms with E-state index in [0.717, 1.165) is 10.1 Å². The largest absolute Gasteiger partial charge is 0.323 e. The Morgan fingerprint density at radius 3 is 2.79 bits per heavy atom. The van der Waals surface area contributed by atoms with Gasteiger partial charge in [0.15, 0.2) is 0 Å². The lowest BCUT2D eigenvalue weighted by Crippen LogP contribution is -2.12. The molecule has 1 heterocycles. The van der Waals surface area contributed by atoms with Crippen molar-refractivity contribution in [3.8, 4) is 0 Å². The zero-order chi connectivity index (χ0) is 13.1. The Hall–Kier alpha value is -1.36. The predicted octanol–water partition coefficient (Wildman–Crippen LogP) is 4.09. The minimum absolute atomic E-state index is 0.0403. The van der Waals surface area contributed by atoms with Crippen molar-refractivity contribution in [1.82, 2.24) is 4.98 Å². The van der Waals surface area contributed by atoms with Crippen molar-refractivity contribution in [2.75, 3.05) is 5.75 Å². The van der Waals surface area contributed by atoms with Crippen LogP contribution in [0, 0.1) is 0 Å². The summed E-state index contributed by atoms with van der Waals surface area (Å²) in [7, 11) is 0. The van der Waals surface area contributed by atoms with Crippen LogP contribution >= 0.6 is 23.1 Å². The van der Waals surface area contributed by atoms with Crippen LogP contribution in [0.15, 0.2) is 58.4 Å². The maximum atomic E-state index is 6.26. The highest BCUT2D eigenvalue weighted by Gasteiger charge is 2.08. The second-order valence-corrected chi connectivity index (χ2v) is 6.48. The number of fused-ring (bicyclic) bond motifs is 1. The summed E-state index contributed by atoms with van der Waals surface area (Å²) < 4.78 is 1.08. The summed E-state index contributed by atoms with van der Waals surface area (Å²) in [5, 5.41) is 4.49. The first-order valence-corrected chi connectivity index (χ1v) is 7.96. The molecule has 96 valence electrons. The van der Waals surface area contributed by atoms with Gasteiger partial charge < -0.3 is 5.73 Å². The van der Waals surface area contributed by atoms with Crippen molar-refractivity contribution in [2.24, 2.45) is 5.73 Å². The number of rotatable bonds is 4. The first kappa shape index (κ1) is 12.7. The molecule has 0 saturated carbocycles. The molecule has 0 bridgehead atoms. The van der Waals surface area contributed by atoms with E-state index in [1.54, 1.807) is 23.1 Å². The Kier molecular flexibility index (Phi) is 3.82. The Morgan fingerprint density at radius 1 is 1.16 bits per heavy atom. The van der Waals surface area contributed by atoms with E-state index in [1.807, 2.05) is 11.6 Å². The molecule has 0 radical (unpaired) electrons. The van der Waals surface area contributed by atoms with Crippen LogP contribution < -0.4 is 5.73 Å². The van der Waals surface area contributed by atoms with E-state index in [4.69, 9.17) is 5.73 Å². The van der Waals surface area contributed by atoms with Gasteiger partial charge in [0.25, 0.3) is 0 Å². The number of hydrogen-bond acceptors (Lipinski definition) is 4. The van der Waals surface area contributed by atoms with Gasteiger partial charge in [-0.3, -0.25) is 0 Å². The van der Waals surface area contributed by atoms with Gasteiger partial charge in [0.2, 0.25) is 0 Å². The van der Waals surface area contributed by atoms with Crippen LogP contribution in [0.1, 0.15) is 11.6 Å². The molecule has 1 aromatic heterocycles. The van der Waals surface area contributed by atoms with Crippen molar-refractivity contribution in [2.45, 2.75) is 10.4 Å². The monoisotopic (exact) mass is 286 g/mol. The Balaban J connectivity index is 1.75. The number of thioether (sulfide) groups is 1. The maximum Gasteiger partial charge on any atom is 0.149 e. The topological polar surface area (TPSA) is 38.9 Å². The van der Waals surface area contributed by atoms with Gasteiger partial charge in [-0.05, 0) is 22.4 Å². The molecule has 3 rings (SSSR count). The van der Waals surface area contributed by atoms with Gasteiger partial charge in [-0.25, -0.2) is 4.98 Å². The Bertz CT molecular complexity index is 665. The van der Waals surface area contributed by atoms with Crippen molar-refractivity contribution < 1.29 is 0 Å². The third-order valence-electron chi connectivity index (χ3n) is 3.00. The summed E-state index contributed by atoms with van der Waals surface area (Å²) in [5.74, 6) is 0.853. The van der Waals surface area contributed by atoms with Gasteiger partial charge in [-0.15, -0.1) is 11.3 Å². The van der Waals surface area contributed by atoms with Crippen molar-refractivity contribution in [1.29, 1.82) is 0 Å². The number of aromatic nitrogens is 1. The number of nitrogens with zero attached hydrogens (tertiary/aromatic N) is 1. The molecule has 0 aliphatic carbocycles. The molecule has 0 saturated heterocycles. The molecular formula is C15H14N2S2. The molecular weight excluding hydrogens is 272 g/mol. The van der Waals surface area contributed by atoms with Crippen LogP contribution in [0.2, 0.25) is 0 Å². The van der Waals surface area contributed by atoms with Crippen LogP contribution in [-0.2, 0) is 0 Å². The molecule has 2 aromatic carbocycles. The number of nitrogens with two attached hydrogens (primary N) is 1. The van der Waals surface area contributed by atoms with Crippen LogP contribution in [-0.4, -0.2) is 10.7 Å². The molecule has 19 heavy (non-hydrogen) atoms. The minimum atomic E-state index is 0.0403. The van der Waals surface area contributed by atoms with E-state index in [-0.39, 0.29) is 6.04 Å².